The molecule has 1 fully saturated rings. The summed E-state index contributed by atoms with van der Waals surface area (Å²) in [5, 5.41) is 2.87. The maximum Gasteiger partial charge on any atom is 0.306 e. The molecule has 1 N–H and O–H groups in total. The van der Waals surface area contributed by atoms with Crippen molar-refractivity contribution in [2.45, 2.75) is 32.6 Å². The predicted molar refractivity (Wildman–Crippen MR) is 88.0 cm³/mol. The third-order valence-electron chi connectivity index (χ3n) is 4.01. The summed E-state index contributed by atoms with van der Waals surface area (Å²) in [6.07, 6.45) is 4.77. The quantitative estimate of drug-likeness (QED) is 0.799. The number of hydrogen-bond acceptors (Lipinski definition) is 5. The van der Waals surface area contributed by atoms with Crippen molar-refractivity contribution in [2.24, 2.45) is 5.92 Å². The van der Waals surface area contributed by atoms with Crippen molar-refractivity contribution >= 4 is 23.5 Å². The fourth-order valence-corrected chi connectivity index (χ4v) is 2.67. The van der Waals surface area contributed by atoms with Gasteiger partial charge in [0, 0.05) is 43.5 Å². The van der Waals surface area contributed by atoms with E-state index in [1.165, 1.54) is 0 Å². The number of likely N-dealkylation sites (tertiary alicyclic amines) is 1. The standard InChI is InChI=1S/C17H23N3O4/c1-2-24-16(22)4-3-15(21)20-11-7-13(8-12-20)17(23)19-14-5-9-18-10-6-14/h5-6,9-10,13H,2-4,7-8,11-12H2,1H3,(H,18,19,23). The van der Waals surface area contributed by atoms with Gasteiger partial charge in [0.15, 0.2) is 0 Å². The van der Waals surface area contributed by atoms with Gasteiger partial charge in [-0.15, -0.1) is 0 Å². The number of anilines is 1. The third-order valence-corrected chi connectivity index (χ3v) is 4.01. The van der Waals surface area contributed by atoms with Crippen LogP contribution < -0.4 is 5.32 Å². The van der Waals surface area contributed by atoms with Crippen molar-refractivity contribution in [1.29, 1.82) is 0 Å². The summed E-state index contributed by atoms with van der Waals surface area (Å²) in [5.41, 5.74) is 0.725. The number of piperidine rings is 1. The van der Waals surface area contributed by atoms with Crippen molar-refractivity contribution in [3.63, 3.8) is 0 Å². The largest absolute Gasteiger partial charge is 0.466 e. The molecule has 0 unspecified atom stereocenters. The van der Waals surface area contributed by atoms with Gasteiger partial charge >= 0.3 is 5.97 Å². The lowest BCUT2D eigenvalue weighted by Gasteiger charge is -2.31. The number of carbonyl (C=O) groups excluding carboxylic acids is 3. The van der Waals surface area contributed by atoms with Gasteiger partial charge in [0.05, 0.1) is 13.0 Å². The van der Waals surface area contributed by atoms with Crippen LogP contribution in [0.2, 0.25) is 0 Å². The average Bonchev–Trinajstić information content (AvgIpc) is 2.61. The summed E-state index contributed by atoms with van der Waals surface area (Å²) in [7, 11) is 0. The van der Waals surface area contributed by atoms with Crippen molar-refractivity contribution in [1.82, 2.24) is 9.88 Å². The summed E-state index contributed by atoms with van der Waals surface area (Å²) in [6.45, 7) is 3.14. The van der Waals surface area contributed by atoms with Gasteiger partial charge in [-0.25, -0.2) is 0 Å². The molecule has 2 heterocycles. The van der Waals surface area contributed by atoms with E-state index in [-0.39, 0.29) is 36.5 Å². The second-order valence-corrected chi connectivity index (χ2v) is 5.69. The lowest BCUT2D eigenvalue weighted by atomic mass is 9.95. The Kier molecular flexibility index (Phi) is 6.72. The van der Waals surface area contributed by atoms with E-state index in [4.69, 9.17) is 4.74 Å². The van der Waals surface area contributed by atoms with Crippen LogP contribution in [0.25, 0.3) is 0 Å². The molecule has 1 aromatic heterocycles. The first-order valence-corrected chi connectivity index (χ1v) is 8.24. The molecule has 0 radical (unpaired) electrons. The van der Waals surface area contributed by atoms with Gasteiger partial charge in [-0.2, -0.15) is 0 Å². The maximum atomic E-state index is 12.2. The van der Waals surface area contributed by atoms with E-state index in [0.29, 0.717) is 32.5 Å². The highest BCUT2D eigenvalue weighted by atomic mass is 16.5. The number of aromatic nitrogens is 1. The number of nitrogens with one attached hydrogen (secondary N) is 1. The fraction of sp³-hybridized carbons (Fsp3) is 0.529. The zero-order valence-corrected chi connectivity index (χ0v) is 13.9. The van der Waals surface area contributed by atoms with Crippen LogP contribution in [0.15, 0.2) is 24.5 Å². The maximum absolute atomic E-state index is 12.2. The number of ether oxygens (including phenoxy) is 1. The van der Waals surface area contributed by atoms with Crippen LogP contribution in [0.3, 0.4) is 0 Å². The first-order valence-electron chi connectivity index (χ1n) is 8.24. The van der Waals surface area contributed by atoms with Crippen LogP contribution in [0, 0.1) is 5.92 Å². The van der Waals surface area contributed by atoms with Crippen LogP contribution in [-0.4, -0.2) is 47.4 Å². The Morgan fingerprint density at radius 2 is 1.88 bits per heavy atom. The molecule has 1 aromatic rings. The first kappa shape index (κ1) is 17.9. The predicted octanol–water partition coefficient (Wildman–Crippen LogP) is 1.60. The molecule has 0 bridgehead atoms. The molecular formula is C17H23N3O4. The van der Waals surface area contributed by atoms with Gasteiger partial charge in [0.1, 0.15) is 0 Å². The molecule has 0 spiro atoms. The second-order valence-electron chi connectivity index (χ2n) is 5.69. The molecule has 1 saturated heterocycles. The number of esters is 1. The van der Waals surface area contributed by atoms with Crippen LogP contribution in [0.5, 0.6) is 0 Å². The second kappa shape index (κ2) is 9.00. The monoisotopic (exact) mass is 333 g/mol. The molecule has 7 heteroatoms. The number of hydrogen-bond donors (Lipinski definition) is 1. The average molecular weight is 333 g/mol. The van der Waals surface area contributed by atoms with E-state index < -0.39 is 0 Å². The van der Waals surface area contributed by atoms with E-state index >= 15 is 0 Å². The zero-order valence-electron chi connectivity index (χ0n) is 13.9. The number of carbonyl (C=O) groups is 3. The fourth-order valence-electron chi connectivity index (χ4n) is 2.67. The molecule has 24 heavy (non-hydrogen) atoms. The van der Waals surface area contributed by atoms with Crippen LogP contribution in [-0.2, 0) is 19.1 Å². The highest BCUT2D eigenvalue weighted by Crippen LogP contribution is 2.20. The van der Waals surface area contributed by atoms with Crippen molar-refractivity contribution in [3.05, 3.63) is 24.5 Å². The number of amides is 2. The summed E-state index contributed by atoms with van der Waals surface area (Å²) < 4.78 is 4.82. The Balaban J connectivity index is 1.73. The minimum Gasteiger partial charge on any atom is -0.466 e. The van der Waals surface area contributed by atoms with Crippen molar-refractivity contribution < 1.29 is 19.1 Å². The van der Waals surface area contributed by atoms with Crippen LogP contribution >= 0.6 is 0 Å². The minimum atomic E-state index is -0.350. The highest BCUT2D eigenvalue weighted by Gasteiger charge is 2.27. The SMILES string of the molecule is CCOC(=O)CCC(=O)N1CCC(C(=O)Nc2ccncc2)CC1. The molecule has 0 aliphatic carbocycles. The molecule has 7 nitrogen and oxygen atoms in total. The molecule has 1 aliphatic heterocycles. The Morgan fingerprint density at radius 3 is 2.50 bits per heavy atom. The van der Waals surface area contributed by atoms with Gasteiger partial charge in [0.25, 0.3) is 0 Å². The van der Waals surface area contributed by atoms with Crippen LogP contribution in [0.4, 0.5) is 5.69 Å². The lowest BCUT2D eigenvalue weighted by Crippen LogP contribution is -2.41. The normalized spacial score (nSPS) is 15.0. The molecule has 0 saturated carbocycles. The Hall–Kier alpha value is -2.44. The molecular weight excluding hydrogens is 310 g/mol. The van der Waals surface area contributed by atoms with E-state index in [9.17, 15) is 14.4 Å². The summed E-state index contributed by atoms with van der Waals surface area (Å²) >= 11 is 0. The topological polar surface area (TPSA) is 88.6 Å². The zero-order chi connectivity index (χ0) is 17.4. The number of pyridine rings is 1. The number of nitrogens with zero attached hydrogens (tertiary/aromatic N) is 2. The van der Waals surface area contributed by atoms with E-state index in [1.807, 2.05) is 0 Å². The van der Waals surface area contributed by atoms with Gasteiger partial charge in [-0.3, -0.25) is 19.4 Å². The molecule has 1 aliphatic rings. The van der Waals surface area contributed by atoms with Gasteiger partial charge in [0.2, 0.25) is 11.8 Å². The van der Waals surface area contributed by atoms with Crippen molar-refractivity contribution in [3.8, 4) is 0 Å². The van der Waals surface area contributed by atoms with Gasteiger partial charge < -0.3 is 15.0 Å². The summed E-state index contributed by atoms with van der Waals surface area (Å²) in [5.74, 6) is -0.541. The number of rotatable bonds is 6. The van der Waals surface area contributed by atoms with Crippen LogP contribution in [0.1, 0.15) is 32.6 Å². The van der Waals surface area contributed by atoms with E-state index in [1.54, 1.807) is 36.4 Å². The molecule has 0 atom stereocenters. The van der Waals surface area contributed by atoms with Crippen molar-refractivity contribution in [2.75, 3.05) is 25.0 Å². The highest BCUT2D eigenvalue weighted by molar-refractivity contribution is 5.92. The van der Waals surface area contributed by atoms with Gasteiger partial charge in [-0.05, 0) is 31.9 Å². The first-order chi connectivity index (χ1) is 11.6. The molecule has 0 aromatic carbocycles. The molecule has 2 amide bonds. The van der Waals surface area contributed by atoms with Gasteiger partial charge in [-0.1, -0.05) is 0 Å². The van der Waals surface area contributed by atoms with E-state index in [0.717, 1.165) is 5.69 Å². The Bertz CT molecular complexity index is 568. The summed E-state index contributed by atoms with van der Waals surface area (Å²) in [6, 6.07) is 3.48. The lowest BCUT2D eigenvalue weighted by molar-refractivity contribution is -0.146. The summed E-state index contributed by atoms with van der Waals surface area (Å²) in [4.78, 5) is 41.2. The Labute approximate surface area is 141 Å². The molecule has 130 valence electrons. The third kappa shape index (κ3) is 5.33. The molecule has 2 rings (SSSR count). The smallest absolute Gasteiger partial charge is 0.306 e. The Morgan fingerprint density at radius 1 is 1.21 bits per heavy atom. The van der Waals surface area contributed by atoms with E-state index in [2.05, 4.69) is 10.3 Å². The minimum absolute atomic E-state index is 0.0279.